The molecule has 0 aliphatic carbocycles. The van der Waals surface area contributed by atoms with E-state index in [1.54, 1.807) is 13.0 Å². The fraction of sp³-hybridized carbons (Fsp3) is 0.435. The average molecular weight is 496 g/mol. The van der Waals surface area contributed by atoms with Crippen molar-refractivity contribution in [2.24, 2.45) is 0 Å². The maximum atomic E-state index is 13.6. The van der Waals surface area contributed by atoms with E-state index in [0.717, 1.165) is 10.6 Å². The molecule has 1 aromatic heterocycles. The number of aliphatic hydroxyl groups is 2. The van der Waals surface area contributed by atoms with Crippen LogP contribution in [0, 0.1) is 5.82 Å². The number of aliphatic carboxylic acids is 1. The van der Waals surface area contributed by atoms with Crippen LogP contribution in [0.4, 0.5) is 10.3 Å². The molecule has 0 spiro atoms. The van der Waals surface area contributed by atoms with Crippen molar-refractivity contribution in [2.45, 2.75) is 51.7 Å². The zero-order valence-electron chi connectivity index (χ0n) is 19.5. The summed E-state index contributed by atoms with van der Waals surface area (Å²) < 4.78 is 39.2. The largest absolute Gasteiger partial charge is 0.481 e. The summed E-state index contributed by atoms with van der Waals surface area (Å²) in [5.74, 6) is -1.83. The number of carbonyl (C=O) groups is 1. The molecule has 186 valence electrons. The van der Waals surface area contributed by atoms with Gasteiger partial charge in [0.15, 0.2) is 0 Å². The molecule has 2 aromatic rings. The lowest BCUT2D eigenvalue weighted by Crippen LogP contribution is -2.31. The standard InChI is InChI=1S/C23H30FN3O6S/c1-5-27(34(4,32)33)23-25-21(14(2)3)19(11-10-17(28)12-18(29)13-20(30)31)22(26-23)15-6-8-16(24)9-7-15/h6-11,14,17-18,28-29H,5,12-13H2,1-4H3,(H,30,31)/t17-,18-/m1/s1. The maximum absolute atomic E-state index is 13.6. The molecule has 2 rings (SSSR count). The summed E-state index contributed by atoms with van der Waals surface area (Å²) in [4.78, 5) is 19.7. The Hall–Kier alpha value is -2.89. The summed E-state index contributed by atoms with van der Waals surface area (Å²) in [5, 5.41) is 28.9. The van der Waals surface area contributed by atoms with Crippen LogP contribution in [0.2, 0.25) is 0 Å². The number of halogens is 1. The summed E-state index contributed by atoms with van der Waals surface area (Å²) in [6.45, 7) is 5.49. The van der Waals surface area contributed by atoms with Gasteiger partial charge in [-0.1, -0.05) is 26.0 Å². The van der Waals surface area contributed by atoms with Gasteiger partial charge in [-0.3, -0.25) is 4.79 Å². The van der Waals surface area contributed by atoms with Gasteiger partial charge in [0.25, 0.3) is 0 Å². The highest BCUT2D eigenvalue weighted by Gasteiger charge is 2.24. The van der Waals surface area contributed by atoms with Gasteiger partial charge in [-0.05, 0) is 37.1 Å². The minimum atomic E-state index is -3.66. The van der Waals surface area contributed by atoms with Gasteiger partial charge in [-0.2, -0.15) is 0 Å². The first-order valence-corrected chi connectivity index (χ1v) is 12.6. The Morgan fingerprint density at radius 3 is 2.29 bits per heavy atom. The van der Waals surface area contributed by atoms with Gasteiger partial charge >= 0.3 is 5.97 Å². The lowest BCUT2D eigenvalue weighted by atomic mass is 9.97. The van der Waals surface area contributed by atoms with Gasteiger partial charge in [0, 0.05) is 24.1 Å². The molecular formula is C23H30FN3O6S. The van der Waals surface area contributed by atoms with Crippen molar-refractivity contribution in [3.05, 3.63) is 47.4 Å². The second kappa shape index (κ2) is 11.5. The first-order chi connectivity index (χ1) is 15.8. The van der Waals surface area contributed by atoms with E-state index in [4.69, 9.17) is 5.11 Å². The lowest BCUT2D eigenvalue weighted by molar-refractivity contribution is -0.139. The monoisotopic (exact) mass is 495 g/mol. The molecule has 0 saturated heterocycles. The number of aromatic nitrogens is 2. The number of anilines is 1. The third-order valence-electron chi connectivity index (χ3n) is 4.95. The predicted octanol–water partition coefficient (Wildman–Crippen LogP) is 2.79. The smallest absolute Gasteiger partial charge is 0.305 e. The van der Waals surface area contributed by atoms with E-state index in [-0.39, 0.29) is 24.8 Å². The highest BCUT2D eigenvalue weighted by molar-refractivity contribution is 7.92. The second-order valence-electron chi connectivity index (χ2n) is 8.17. The Kier molecular flexibility index (Phi) is 9.25. The van der Waals surface area contributed by atoms with Gasteiger partial charge < -0.3 is 15.3 Å². The number of hydrogen-bond acceptors (Lipinski definition) is 7. The Morgan fingerprint density at radius 1 is 1.18 bits per heavy atom. The Balaban J connectivity index is 2.65. The third-order valence-corrected chi connectivity index (χ3v) is 6.17. The molecule has 3 N–H and O–H groups in total. The molecule has 0 fully saturated rings. The summed E-state index contributed by atoms with van der Waals surface area (Å²) in [6.07, 6.45) is 0.909. The molecular weight excluding hydrogens is 465 g/mol. The zero-order valence-corrected chi connectivity index (χ0v) is 20.3. The molecule has 0 bridgehead atoms. The van der Waals surface area contributed by atoms with E-state index in [1.165, 1.54) is 30.3 Å². The molecule has 2 atom stereocenters. The molecule has 0 radical (unpaired) electrons. The highest BCUT2D eigenvalue weighted by atomic mass is 32.2. The molecule has 0 aliphatic rings. The van der Waals surface area contributed by atoms with Crippen molar-refractivity contribution in [3.63, 3.8) is 0 Å². The van der Waals surface area contributed by atoms with Crippen molar-refractivity contribution >= 4 is 28.0 Å². The van der Waals surface area contributed by atoms with Crippen LogP contribution in [0.1, 0.15) is 50.8 Å². The topological polar surface area (TPSA) is 141 Å². The van der Waals surface area contributed by atoms with Crippen molar-refractivity contribution in [1.29, 1.82) is 0 Å². The maximum Gasteiger partial charge on any atom is 0.305 e. The molecule has 1 aromatic carbocycles. The minimum Gasteiger partial charge on any atom is -0.481 e. The van der Waals surface area contributed by atoms with Crippen molar-refractivity contribution in [3.8, 4) is 11.3 Å². The van der Waals surface area contributed by atoms with Crippen LogP contribution >= 0.6 is 0 Å². The average Bonchev–Trinajstić information content (AvgIpc) is 2.71. The summed E-state index contributed by atoms with van der Waals surface area (Å²) in [6, 6.07) is 5.52. The molecule has 11 heteroatoms. The van der Waals surface area contributed by atoms with Crippen LogP contribution in [0.25, 0.3) is 17.3 Å². The summed E-state index contributed by atoms with van der Waals surface area (Å²) >= 11 is 0. The summed E-state index contributed by atoms with van der Waals surface area (Å²) in [5.41, 5.74) is 1.84. The van der Waals surface area contributed by atoms with Crippen molar-refractivity contribution in [1.82, 2.24) is 9.97 Å². The predicted molar refractivity (Wildman–Crippen MR) is 127 cm³/mol. The molecule has 0 aliphatic heterocycles. The number of sulfonamides is 1. The normalized spacial score (nSPS) is 13.9. The second-order valence-corrected chi connectivity index (χ2v) is 10.1. The lowest BCUT2D eigenvalue weighted by Gasteiger charge is -2.22. The van der Waals surface area contributed by atoms with E-state index in [2.05, 4.69) is 9.97 Å². The molecule has 9 nitrogen and oxygen atoms in total. The van der Waals surface area contributed by atoms with E-state index in [0.29, 0.717) is 22.5 Å². The first kappa shape index (κ1) is 27.4. The third kappa shape index (κ3) is 7.31. The van der Waals surface area contributed by atoms with Gasteiger partial charge in [0.05, 0.1) is 36.3 Å². The number of hydrogen-bond donors (Lipinski definition) is 3. The molecule has 0 saturated carbocycles. The number of rotatable bonds is 11. The van der Waals surface area contributed by atoms with Crippen molar-refractivity contribution in [2.75, 3.05) is 17.1 Å². The van der Waals surface area contributed by atoms with Crippen LogP contribution < -0.4 is 4.31 Å². The fourth-order valence-corrected chi connectivity index (χ4v) is 4.24. The van der Waals surface area contributed by atoms with Crippen LogP contribution in [0.3, 0.4) is 0 Å². The Bertz CT molecular complexity index is 1140. The van der Waals surface area contributed by atoms with E-state index < -0.39 is 40.4 Å². The number of aliphatic hydroxyl groups excluding tert-OH is 2. The van der Waals surface area contributed by atoms with Gasteiger partial charge in [0.1, 0.15) is 5.82 Å². The number of nitrogens with zero attached hydrogens (tertiary/aromatic N) is 3. The molecule has 34 heavy (non-hydrogen) atoms. The first-order valence-electron chi connectivity index (χ1n) is 10.7. The zero-order chi connectivity index (χ0) is 25.6. The van der Waals surface area contributed by atoms with Gasteiger partial charge in [-0.25, -0.2) is 27.1 Å². The van der Waals surface area contributed by atoms with Gasteiger partial charge in [-0.15, -0.1) is 0 Å². The molecule has 0 unspecified atom stereocenters. The highest BCUT2D eigenvalue weighted by Crippen LogP contribution is 2.32. The Morgan fingerprint density at radius 2 is 1.79 bits per heavy atom. The van der Waals surface area contributed by atoms with Crippen molar-refractivity contribution < 1.29 is 32.9 Å². The van der Waals surface area contributed by atoms with Crippen LogP contribution in [0.15, 0.2) is 30.3 Å². The van der Waals surface area contributed by atoms with Crippen LogP contribution in [-0.2, 0) is 14.8 Å². The van der Waals surface area contributed by atoms with E-state index in [9.17, 15) is 27.8 Å². The number of carboxylic acid groups (broad SMARTS) is 1. The van der Waals surface area contributed by atoms with Gasteiger partial charge in [0.2, 0.25) is 16.0 Å². The Labute approximate surface area is 198 Å². The van der Waals surface area contributed by atoms with Crippen LogP contribution in [-0.4, -0.2) is 64.7 Å². The SMILES string of the molecule is CCN(c1nc(-c2ccc(F)cc2)c(C=C[C@@H](O)C[C@@H](O)CC(=O)O)c(C(C)C)n1)S(C)(=O)=O. The van der Waals surface area contributed by atoms with Crippen LogP contribution in [0.5, 0.6) is 0 Å². The number of carboxylic acids is 1. The molecule has 1 heterocycles. The molecule has 0 amide bonds. The quantitative estimate of drug-likeness (QED) is 0.432. The fourth-order valence-electron chi connectivity index (χ4n) is 3.39. The van der Waals surface area contributed by atoms with E-state index in [1.807, 2.05) is 13.8 Å². The van der Waals surface area contributed by atoms with E-state index >= 15 is 0 Å². The minimum absolute atomic E-state index is 0.0254. The number of benzene rings is 1. The summed E-state index contributed by atoms with van der Waals surface area (Å²) in [7, 11) is -3.66.